The molecule has 0 aromatic heterocycles. The van der Waals surface area contributed by atoms with Crippen LogP contribution in [0.3, 0.4) is 0 Å². The normalized spacial score (nSPS) is 31.5. The number of carbonyl (C=O) groups excluding carboxylic acids is 1. The molecule has 0 radical (unpaired) electrons. The highest BCUT2D eigenvalue weighted by molar-refractivity contribution is 5.82. The molecule has 3 nitrogen and oxygen atoms in total. The number of hydrogen-bond acceptors (Lipinski definition) is 2. The van der Waals surface area contributed by atoms with Crippen molar-refractivity contribution in [3.05, 3.63) is 0 Å². The Bertz CT molecular complexity index is 211. The molecule has 1 heterocycles. The van der Waals surface area contributed by atoms with E-state index in [1.807, 2.05) is 0 Å². The van der Waals surface area contributed by atoms with Crippen LogP contribution in [0.1, 0.15) is 32.1 Å². The Balaban J connectivity index is 2.01. The summed E-state index contributed by atoms with van der Waals surface area (Å²) in [7, 11) is 2.08. The van der Waals surface area contributed by atoms with E-state index >= 15 is 0 Å². The van der Waals surface area contributed by atoms with Gasteiger partial charge in [-0.15, -0.1) is 0 Å². The lowest BCUT2D eigenvalue weighted by Gasteiger charge is -2.38. The van der Waals surface area contributed by atoms with Crippen molar-refractivity contribution in [3.8, 4) is 0 Å². The fraction of sp³-hybridized carbons (Fsp3) is 0.909. The molecule has 1 aliphatic heterocycles. The first-order valence-corrected chi connectivity index (χ1v) is 5.77. The van der Waals surface area contributed by atoms with Crippen LogP contribution in [0.15, 0.2) is 0 Å². The number of hydrogen-bond donors (Lipinski definition) is 1. The third-order valence-electron chi connectivity index (χ3n) is 3.60. The lowest BCUT2D eigenvalue weighted by atomic mass is 9.82. The molecule has 1 saturated heterocycles. The Hall–Kier alpha value is -0.570. The number of carbonyl (C=O) groups is 1. The molecular formula is C11H20N2O. The second kappa shape index (κ2) is 4.30. The maximum absolute atomic E-state index is 11.8. The number of amides is 1. The van der Waals surface area contributed by atoms with Gasteiger partial charge in [0.25, 0.3) is 0 Å². The van der Waals surface area contributed by atoms with Gasteiger partial charge in [-0.1, -0.05) is 19.3 Å². The summed E-state index contributed by atoms with van der Waals surface area (Å²) in [4.78, 5) is 14.0. The van der Waals surface area contributed by atoms with Gasteiger partial charge in [-0.2, -0.15) is 0 Å². The Morgan fingerprint density at radius 3 is 2.64 bits per heavy atom. The maximum Gasteiger partial charge on any atom is 0.237 e. The summed E-state index contributed by atoms with van der Waals surface area (Å²) in [5.41, 5.74) is 0. The minimum Gasteiger partial charge on any atom is -0.353 e. The molecule has 80 valence electrons. The topological polar surface area (TPSA) is 32.3 Å². The number of likely N-dealkylation sites (N-methyl/N-ethyl adjacent to an activating group) is 1. The van der Waals surface area contributed by atoms with E-state index in [-0.39, 0.29) is 11.9 Å². The average Bonchev–Trinajstić information content (AvgIpc) is 2.19. The summed E-state index contributed by atoms with van der Waals surface area (Å²) >= 11 is 0. The second-order valence-electron chi connectivity index (χ2n) is 4.61. The molecule has 0 bridgehead atoms. The molecule has 0 aromatic carbocycles. The van der Waals surface area contributed by atoms with Crippen LogP contribution in [0.25, 0.3) is 0 Å². The van der Waals surface area contributed by atoms with Crippen LogP contribution in [0, 0.1) is 5.92 Å². The van der Waals surface area contributed by atoms with Gasteiger partial charge >= 0.3 is 0 Å². The molecule has 2 fully saturated rings. The Labute approximate surface area is 85.8 Å². The Kier molecular flexibility index (Phi) is 3.06. The quantitative estimate of drug-likeness (QED) is 0.678. The Morgan fingerprint density at radius 2 is 2.00 bits per heavy atom. The van der Waals surface area contributed by atoms with E-state index in [4.69, 9.17) is 0 Å². The molecule has 1 unspecified atom stereocenters. The van der Waals surface area contributed by atoms with Gasteiger partial charge in [0.1, 0.15) is 0 Å². The van der Waals surface area contributed by atoms with Crippen molar-refractivity contribution in [1.82, 2.24) is 10.2 Å². The molecule has 0 spiro atoms. The molecule has 1 amide bonds. The lowest BCUT2D eigenvalue weighted by molar-refractivity contribution is -0.130. The van der Waals surface area contributed by atoms with Crippen LogP contribution in [0.5, 0.6) is 0 Å². The predicted octanol–water partition coefficient (Wildman–Crippen LogP) is 0.997. The predicted molar refractivity (Wildman–Crippen MR) is 56.0 cm³/mol. The molecule has 1 saturated carbocycles. The van der Waals surface area contributed by atoms with Crippen LogP contribution in [0.4, 0.5) is 0 Å². The summed E-state index contributed by atoms with van der Waals surface area (Å²) in [6, 6.07) is 0.157. The largest absolute Gasteiger partial charge is 0.353 e. The SMILES string of the molecule is CN1CCNC(=O)C1C1CCCCC1. The van der Waals surface area contributed by atoms with Gasteiger partial charge in [-0.05, 0) is 25.8 Å². The summed E-state index contributed by atoms with van der Waals surface area (Å²) in [6.45, 7) is 1.82. The van der Waals surface area contributed by atoms with Crippen molar-refractivity contribution in [2.45, 2.75) is 38.1 Å². The zero-order valence-corrected chi connectivity index (χ0v) is 8.96. The van der Waals surface area contributed by atoms with Crippen molar-refractivity contribution in [2.24, 2.45) is 5.92 Å². The van der Waals surface area contributed by atoms with Gasteiger partial charge in [0.15, 0.2) is 0 Å². The van der Waals surface area contributed by atoms with E-state index in [0.29, 0.717) is 5.92 Å². The molecule has 1 aliphatic carbocycles. The van der Waals surface area contributed by atoms with E-state index in [1.54, 1.807) is 0 Å². The van der Waals surface area contributed by atoms with Crippen LogP contribution in [0.2, 0.25) is 0 Å². The second-order valence-corrected chi connectivity index (χ2v) is 4.61. The van der Waals surface area contributed by atoms with Crippen LogP contribution in [-0.4, -0.2) is 37.0 Å². The summed E-state index contributed by atoms with van der Waals surface area (Å²) < 4.78 is 0. The van der Waals surface area contributed by atoms with Gasteiger partial charge < -0.3 is 5.32 Å². The molecular weight excluding hydrogens is 176 g/mol. The Morgan fingerprint density at radius 1 is 1.29 bits per heavy atom. The first-order chi connectivity index (χ1) is 6.79. The first kappa shape index (κ1) is 9.97. The van der Waals surface area contributed by atoms with Gasteiger partial charge in [-0.25, -0.2) is 0 Å². The van der Waals surface area contributed by atoms with Crippen molar-refractivity contribution in [3.63, 3.8) is 0 Å². The van der Waals surface area contributed by atoms with Crippen molar-refractivity contribution in [1.29, 1.82) is 0 Å². The highest BCUT2D eigenvalue weighted by Crippen LogP contribution is 2.29. The van der Waals surface area contributed by atoms with Gasteiger partial charge in [0.2, 0.25) is 5.91 Å². The molecule has 0 aromatic rings. The number of rotatable bonds is 1. The van der Waals surface area contributed by atoms with Gasteiger partial charge in [-0.3, -0.25) is 9.69 Å². The van der Waals surface area contributed by atoms with E-state index in [1.165, 1.54) is 32.1 Å². The summed E-state index contributed by atoms with van der Waals surface area (Å²) in [5, 5.41) is 2.98. The maximum atomic E-state index is 11.8. The molecule has 2 rings (SSSR count). The first-order valence-electron chi connectivity index (χ1n) is 5.77. The highest BCUT2D eigenvalue weighted by Gasteiger charge is 2.34. The fourth-order valence-corrected chi connectivity index (χ4v) is 2.82. The molecule has 3 heteroatoms. The van der Waals surface area contributed by atoms with Crippen LogP contribution < -0.4 is 5.32 Å². The van der Waals surface area contributed by atoms with Gasteiger partial charge in [0.05, 0.1) is 6.04 Å². The molecule has 1 N–H and O–H groups in total. The molecule has 2 aliphatic rings. The average molecular weight is 196 g/mol. The monoisotopic (exact) mass is 196 g/mol. The summed E-state index contributed by atoms with van der Waals surface area (Å²) in [6.07, 6.45) is 6.45. The third-order valence-corrected chi connectivity index (χ3v) is 3.60. The minimum atomic E-state index is 0.157. The third kappa shape index (κ3) is 1.92. The van der Waals surface area contributed by atoms with Crippen molar-refractivity contribution < 1.29 is 4.79 Å². The van der Waals surface area contributed by atoms with E-state index < -0.39 is 0 Å². The number of nitrogens with zero attached hydrogens (tertiary/aromatic N) is 1. The fourth-order valence-electron chi connectivity index (χ4n) is 2.82. The smallest absolute Gasteiger partial charge is 0.237 e. The van der Waals surface area contributed by atoms with E-state index in [0.717, 1.165) is 13.1 Å². The number of nitrogens with one attached hydrogen (secondary N) is 1. The summed E-state index contributed by atoms with van der Waals surface area (Å²) in [5.74, 6) is 0.861. The minimum absolute atomic E-state index is 0.157. The van der Waals surface area contributed by atoms with Crippen LogP contribution in [-0.2, 0) is 4.79 Å². The van der Waals surface area contributed by atoms with Crippen molar-refractivity contribution >= 4 is 5.91 Å². The zero-order chi connectivity index (χ0) is 9.97. The van der Waals surface area contributed by atoms with E-state index in [2.05, 4.69) is 17.3 Å². The standard InChI is InChI=1S/C11H20N2O/c1-13-8-7-12-11(14)10(13)9-5-3-2-4-6-9/h9-10H,2-8H2,1H3,(H,12,14). The van der Waals surface area contributed by atoms with E-state index in [9.17, 15) is 4.79 Å². The molecule has 1 atom stereocenters. The zero-order valence-electron chi connectivity index (χ0n) is 8.96. The lowest BCUT2D eigenvalue weighted by Crippen LogP contribution is -2.56. The number of piperazine rings is 1. The molecule has 14 heavy (non-hydrogen) atoms. The van der Waals surface area contributed by atoms with Crippen molar-refractivity contribution in [2.75, 3.05) is 20.1 Å². The van der Waals surface area contributed by atoms with Crippen LogP contribution >= 0.6 is 0 Å². The van der Waals surface area contributed by atoms with Gasteiger partial charge in [0, 0.05) is 13.1 Å². The highest BCUT2D eigenvalue weighted by atomic mass is 16.2.